The molecule has 1 amide bonds. The van der Waals surface area contributed by atoms with Crippen LogP contribution in [0.1, 0.15) is 36.0 Å². The van der Waals surface area contributed by atoms with Crippen LogP contribution in [0.3, 0.4) is 0 Å². The van der Waals surface area contributed by atoms with Crippen molar-refractivity contribution in [1.82, 2.24) is 5.32 Å². The highest BCUT2D eigenvalue weighted by Gasteiger charge is 2.34. The Morgan fingerprint density at radius 2 is 1.88 bits per heavy atom. The van der Waals surface area contributed by atoms with E-state index >= 15 is 0 Å². The fourth-order valence-electron chi connectivity index (χ4n) is 2.26. The number of alkyl halides is 1. The van der Waals surface area contributed by atoms with Crippen molar-refractivity contribution >= 4 is 33.4 Å². The van der Waals surface area contributed by atoms with Crippen LogP contribution in [0, 0.1) is 0 Å². The van der Waals surface area contributed by atoms with Crippen molar-refractivity contribution < 1.29 is 4.79 Å². The number of halogens is 2. The Balaban J connectivity index is 2.08. The van der Waals surface area contributed by atoms with Crippen LogP contribution >= 0.6 is 27.5 Å². The maximum absolute atomic E-state index is 12.1. The van der Waals surface area contributed by atoms with E-state index in [1.54, 1.807) is 24.3 Å². The minimum Gasteiger partial charge on any atom is -0.346 e. The summed E-state index contributed by atoms with van der Waals surface area (Å²) in [5, 5.41) is 4.62. The Labute approximate surface area is 115 Å². The molecule has 1 fully saturated rings. The molecule has 1 saturated carbocycles. The minimum atomic E-state index is -0.0588. The highest BCUT2D eigenvalue weighted by atomic mass is 79.9. The fourth-order valence-corrected chi connectivity index (χ4v) is 3.08. The van der Waals surface area contributed by atoms with E-state index in [9.17, 15) is 4.79 Å². The van der Waals surface area contributed by atoms with Crippen LogP contribution in [0.5, 0.6) is 0 Å². The molecule has 1 aromatic carbocycles. The minimum absolute atomic E-state index is 0.0111. The molecule has 2 nitrogen and oxygen atoms in total. The van der Waals surface area contributed by atoms with Crippen molar-refractivity contribution in [3.05, 3.63) is 34.9 Å². The fraction of sp³-hybridized carbons (Fsp3) is 0.462. The largest absolute Gasteiger partial charge is 0.346 e. The van der Waals surface area contributed by atoms with E-state index in [1.165, 1.54) is 12.8 Å². The molecule has 0 aliphatic heterocycles. The number of amides is 1. The summed E-state index contributed by atoms with van der Waals surface area (Å²) in [6.07, 6.45) is 4.48. The Morgan fingerprint density at radius 3 is 2.41 bits per heavy atom. The van der Waals surface area contributed by atoms with Crippen molar-refractivity contribution in [2.75, 3.05) is 5.33 Å². The van der Waals surface area contributed by atoms with Gasteiger partial charge in [-0.2, -0.15) is 0 Å². The number of benzene rings is 1. The molecule has 92 valence electrons. The lowest BCUT2D eigenvalue weighted by Crippen LogP contribution is -2.47. The Morgan fingerprint density at radius 1 is 1.29 bits per heavy atom. The van der Waals surface area contributed by atoms with Gasteiger partial charge in [-0.3, -0.25) is 4.79 Å². The Hall–Kier alpha value is -0.540. The lowest BCUT2D eigenvalue weighted by molar-refractivity contribution is 0.0910. The van der Waals surface area contributed by atoms with Crippen LogP contribution in [0.15, 0.2) is 24.3 Å². The van der Waals surface area contributed by atoms with Gasteiger partial charge in [0.05, 0.1) is 5.54 Å². The first-order valence-electron chi connectivity index (χ1n) is 5.79. The molecule has 1 aromatic rings. The molecule has 1 aliphatic rings. The number of hydrogen-bond acceptors (Lipinski definition) is 1. The lowest BCUT2D eigenvalue weighted by atomic mass is 10.00. The van der Waals surface area contributed by atoms with E-state index in [-0.39, 0.29) is 11.4 Å². The Kier molecular flexibility index (Phi) is 4.10. The molecular formula is C13H15BrClNO. The van der Waals surface area contributed by atoms with Gasteiger partial charge in [0, 0.05) is 15.9 Å². The molecule has 0 saturated heterocycles. The smallest absolute Gasteiger partial charge is 0.251 e. The molecule has 2 rings (SSSR count). The van der Waals surface area contributed by atoms with Crippen LogP contribution in [0.25, 0.3) is 0 Å². The predicted octanol–water partition coefficient (Wildman–Crippen LogP) is 3.78. The molecule has 0 atom stereocenters. The van der Waals surface area contributed by atoms with E-state index in [2.05, 4.69) is 21.2 Å². The third-order valence-electron chi connectivity index (χ3n) is 3.30. The Bertz CT molecular complexity index is 398. The van der Waals surface area contributed by atoms with Crippen molar-refractivity contribution in [2.24, 2.45) is 0 Å². The van der Waals surface area contributed by atoms with Gasteiger partial charge in [-0.1, -0.05) is 40.4 Å². The molecule has 17 heavy (non-hydrogen) atoms. The summed E-state index contributed by atoms with van der Waals surface area (Å²) in [5.74, 6) is -0.0111. The van der Waals surface area contributed by atoms with E-state index in [0.29, 0.717) is 10.6 Å². The number of rotatable bonds is 3. The van der Waals surface area contributed by atoms with Gasteiger partial charge in [0.2, 0.25) is 0 Å². The maximum Gasteiger partial charge on any atom is 0.251 e. The van der Waals surface area contributed by atoms with Gasteiger partial charge in [0.25, 0.3) is 5.91 Å². The van der Waals surface area contributed by atoms with E-state index < -0.39 is 0 Å². The first-order valence-corrected chi connectivity index (χ1v) is 7.29. The predicted molar refractivity (Wildman–Crippen MR) is 73.9 cm³/mol. The maximum atomic E-state index is 12.1. The number of hydrogen-bond donors (Lipinski definition) is 1. The van der Waals surface area contributed by atoms with Crippen LogP contribution in [0.4, 0.5) is 0 Å². The SMILES string of the molecule is O=C(NC1(CBr)CCCC1)c1ccc(Cl)cc1. The van der Waals surface area contributed by atoms with Crippen LogP contribution in [-0.4, -0.2) is 16.8 Å². The second-order valence-electron chi connectivity index (χ2n) is 4.58. The van der Waals surface area contributed by atoms with Crippen LogP contribution in [-0.2, 0) is 0 Å². The molecule has 1 N–H and O–H groups in total. The van der Waals surface area contributed by atoms with Crippen LogP contribution in [0.2, 0.25) is 5.02 Å². The monoisotopic (exact) mass is 315 g/mol. The number of carbonyl (C=O) groups is 1. The standard InChI is InChI=1S/C13H15BrClNO/c14-9-13(7-1-2-8-13)16-12(17)10-3-5-11(15)6-4-10/h3-6H,1-2,7-9H2,(H,16,17). The highest BCUT2D eigenvalue weighted by molar-refractivity contribution is 9.09. The third kappa shape index (κ3) is 3.02. The zero-order chi connectivity index (χ0) is 12.3. The molecular weight excluding hydrogens is 302 g/mol. The summed E-state index contributed by atoms with van der Waals surface area (Å²) in [6.45, 7) is 0. The summed E-state index contributed by atoms with van der Waals surface area (Å²) in [5.41, 5.74) is 0.609. The molecule has 0 unspecified atom stereocenters. The second-order valence-corrected chi connectivity index (χ2v) is 5.58. The first kappa shape index (κ1) is 12.9. The average Bonchev–Trinajstić information content (AvgIpc) is 2.79. The zero-order valence-electron chi connectivity index (χ0n) is 9.51. The van der Waals surface area contributed by atoms with E-state index in [1.807, 2.05) is 0 Å². The summed E-state index contributed by atoms with van der Waals surface area (Å²) in [4.78, 5) is 12.1. The van der Waals surface area contributed by atoms with Gasteiger partial charge in [0.15, 0.2) is 0 Å². The van der Waals surface area contributed by atoms with Gasteiger partial charge in [-0.25, -0.2) is 0 Å². The summed E-state index contributed by atoms with van der Waals surface area (Å²) >= 11 is 9.31. The van der Waals surface area contributed by atoms with Crippen molar-refractivity contribution in [1.29, 1.82) is 0 Å². The number of nitrogens with one attached hydrogen (secondary N) is 1. The van der Waals surface area contributed by atoms with Gasteiger partial charge in [0.1, 0.15) is 0 Å². The first-order chi connectivity index (χ1) is 8.15. The van der Waals surface area contributed by atoms with Gasteiger partial charge < -0.3 is 5.32 Å². The highest BCUT2D eigenvalue weighted by Crippen LogP contribution is 2.31. The van der Waals surface area contributed by atoms with Gasteiger partial charge in [-0.05, 0) is 37.1 Å². The van der Waals surface area contributed by atoms with Crippen LogP contribution < -0.4 is 5.32 Å². The molecule has 0 bridgehead atoms. The summed E-state index contributed by atoms with van der Waals surface area (Å²) in [6, 6.07) is 7.00. The third-order valence-corrected chi connectivity index (χ3v) is 4.63. The summed E-state index contributed by atoms with van der Waals surface area (Å²) < 4.78 is 0. The van der Waals surface area contributed by atoms with Gasteiger partial charge >= 0.3 is 0 Å². The average molecular weight is 317 g/mol. The van der Waals surface area contributed by atoms with Crippen molar-refractivity contribution in [3.8, 4) is 0 Å². The van der Waals surface area contributed by atoms with Crippen molar-refractivity contribution in [2.45, 2.75) is 31.2 Å². The summed E-state index contributed by atoms with van der Waals surface area (Å²) in [7, 11) is 0. The molecule has 1 aliphatic carbocycles. The molecule has 0 aromatic heterocycles. The molecule has 0 spiro atoms. The topological polar surface area (TPSA) is 29.1 Å². The second kappa shape index (κ2) is 5.40. The quantitative estimate of drug-likeness (QED) is 0.845. The van der Waals surface area contributed by atoms with E-state index in [0.717, 1.165) is 18.2 Å². The van der Waals surface area contributed by atoms with Crippen molar-refractivity contribution in [3.63, 3.8) is 0 Å². The normalized spacial score (nSPS) is 18.0. The van der Waals surface area contributed by atoms with Gasteiger partial charge in [-0.15, -0.1) is 0 Å². The van der Waals surface area contributed by atoms with E-state index in [4.69, 9.17) is 11.6 Å². The molecule has 0 heterocycles. The zero-order valence-corrected chi connectivity index (χ0v) is 11.9. The molecule has 4 heteroatoms. The number of carbonyl (C=O) groups excluding carboxylic acids is 1. The lowest BCUT2D eigenvalue weighted by Gasteiger charge is -2.28. The molecule has 0 radical (unpaired) electrons.